The Labute approximate surface area is 334 Å². The maximum Gasteiger partial charge on any atom is 0.306 e. The van der Waals surface area contributed by atoms with Gasteiger partial charge in [-0.3, -0.25) is 9.59 Å². The van der Waals surface area contributed by atoms with E-state index >= 15 is 0 Å². The van der Waals surface area contributed by atoms with Crippen LogP contribution in [0, 0.1) is 0 Å². The molecule has 0 aromatic carbocycles. The van der Waals surface area contributed by atoms with Crippen LogP contribution in [0.5, 0.6) is 0 Å². The summed E-state index contributed by atoms with van der Waals surface area (Å²) < 4.78 is 5.87. The molecule has 0 aliphatic rings. The standard InChI is InChI=1S/C48H89NO5/c1-4-7-10-13-16-18-20-21-22-23-24-25-27-29-32-35-38-41-48(53)54-44(39-36-33-30-15-12-9-6-3)42-47(52)49-45(43-50)46(51)40-37-34-31-28-26-19-17-14-11-8-5-2/h16,18,21-22,24-25,44-46,50-51H,4-15,17,19-20,23,26-43H2,1-3H3,(H,49,52)/b18-16-,22-21-,25-24-. The van der Waals surface area contributed by atoms with Gasteiger partial charge in [-0.1, -0.05) is 192 Å². The summed E-state index contributed by atoms with van der Waals surface area (Å²) in [5.74, 6) is -0.501. The van der Waals surface area contributed by atoms with Crippen LogP contribution in [0.15, 0.2) is 36.5 Å². The van der Waals surface area contributed by atoms with Gasteiger partial charge in [0.05, 0.1) is 25.2 Å². The van der Waals surface area contributed by atoms with Crippen molar-refractivity contribution in [1.29, 1.82) is 0 Å². The zero-order valence-corrected chi connectivity index (χ0v) is 35.9. The molecule has 1 amide bonds. The van der Waals surface area contributed by atoms with Gasteiger partial charge in [-0.25, -0.2) is 0 Å². The van der Waals surface area contributed by atoms with Crippen molar-refractivity contribution in [3.05, 3.63) is 36.5 Å². The number of ether oxygens (including phenoxy) is 1. The van der Waals surface area contributed by atoms with E-state index in [0.717, 1.165) is 83.5 Å². The summed E-state index contributed by atoms with van der Waals surface area (Å²) in [6, 6.07) is -0.700. The molecule has 3 unspecified atom stereocenters. The number of aliphatic hydroxyl groups is 2. The Bertz CT molecular complexity index is 900. The van der Waals surface area contributed by atoms with E-state index < -0.39 is 18.2 Å². The first kappa shape index (κ1) is 52.1. The highest BCUT2D eigenvalue weighted by Crippen LogP contribution is 2.17. The fraction of sp³-hybridized carbons (Fsp3) is 0.833. The summed E-state index contributed by atoms with van der Waals surface area (Å²) >= 11 is 0. The third kappa shape index (κ3) is 37.0. The Balaban J connectivity index is 4.45. The molecule has 3 atom stereocenters. The molecule has 0 aromatic heterocycles. The van der Waals surface area contributed by atoms with E-state index in [0.29, 0.717) is 19.3 Å². The minimum absolute atomic E-state index is 0.0700. The van der Waals surface area contributed by atoms with Crippen LogP contribution in [0.4, 0.5) is 0 Å². The molecule has 6 nitrogen and oxygen atoms in total. The van der Waals surface area contributed by atoms with Crippen molar-refractivity contribution in [2.24, 2.45) is 0 Å². The van der Waals surface area contributed by atoms with Crippen molar-refractivity contribution >= 4 is 11.9 Å². The molecule has 0 spiro atoms. The molecule has 0 rings (SSSR count). The predicted molar refractivity (Wildman–Crippen MR) is 232 cm³/mol. The van der Waals surface area contributed by atoms with Gasteiger partial charge in [-0.2, -0.15) is 0 Å². The van der Waals surface area contributed by atoms with Crippen molar-refractivity contribution in [3.8, 4) is 0 Å². The normalized spacial score (nSPS) is 13.6. The Morgan fingerprint density at radius 1 is 0.537 bits per heavy atom. The molecule has 0 bridgehead atoms. The molecule has 0 aliphatic carbocycles. The Hall–Kier alpha value is -1.92. The first-order chi connectivity index (χ1) is 26.5. The third-order valence-corrected chi connectivity index (χ3v) is 10.5. The van der Waals surface area contributed by atoms with E-state index in [9.17, 15) is 19.8 Å². The number of amides is 1. The van der Waals surface area contributed by atoms with E-state index in [1.54, 1.807) is 0 Å². The molecule has 0 saturated heterocycles. The summed E-state index contributed by atoms with van der Waals surface area (Å²) in [7, 11) is 0. The van der Waals surface area contributed by atoms with Crippen LogP contribution in [0.1, 0.15) is 233 Å². The number of hydrogen-bond acceptors (Lipinski definition) is 5. The van der Waals surface area contributed by atoms with Gasteiger partial charge in [0.15, 0.2) is 0 Å². The highest BCUT2D eigenvalue weighted by molar-refractivity contribution is 5.77. The highest BCUT2D eigenvalue weighted by Gasteiger charge is 2.24. The average Bonchev–Trinajstić information content (AvgIpc) is 3.16. The molecule has 316 valence electrons. The van der Waals surface area contributed by atoms with Gasteiger partial charge >= 0.3 is 5.97 Å². The minimum Gasteiger partial charge on any atom is -0.462 e. The Kier molecular flexibility index (Phi) is 40.7. The molecule has 0 aromatic rings. The van der Waals surface area contributed by atoms with Crippen LogP contribution in [-0.4, -0.2) is 46.9 Å². The molecule has 3 N–H and O–H groups in total. The van der Waals surface area contributed by atoms with Crippen LogP contribution in [0.25, 0.3) is 0 Å². The zero-order chi connectivity index (χ0) is 39.6. The fourth-order valence-electron chi connectivity index (χ4n) is 6.91. The SMILES string of the molecule is CCCCC/C=C\C/C=C\C/C=C\CCCCCCC(=O)OC(CCCCCCCCC)CC(=O)NC(CO)C(O)CCCCCCCCCCCCC. The summed E-state index contributed by atoms with van der Waals surface area (Å²) in [6.07, 6.45) is 47.8. The second-order valence-corrected chi connectivity index (χ2v) is 15.8. The summed E-state index contributed by atoms with van der Waals surface area (Å²) in [5.41, 5.74) is 0. The number of carbonyl (C=O) groups excluding carboxylic acids is 2. The Morgan fingerprint density at radius 2 is 0.944 bits per heavy atom. The highest BCUT2D eigenvalue weighted by atomic mass is 16.5. The number of carbonyl (C=O) groups is 2. The van der Waals surface area contributed by atoms with Crippen molar-refractivity contribution in [2.45, 2.75) is 251 Å². The Morgan fingerprint density at radius 3 is 1.46 bits per heavy atom. The molecule has 0 saturated carbocycles. The van der Waals surface area contributed by atoms with Crippen LogP contribution < -0.4 is 5.32 Å². The molecule has 6 heteroatoms. The number of unbranched alkanes of at least 4 members (excludes halogenated alkanes) is 23. The summed E-state index contributed by atoms with van der Waals surface area (Å²) in [4.78, 5) is 25.9. The molecule has 0 heterocycles. The van der Waals surface area contributed by atoms with E-state index in [1.165, 1.54) is 103 Å². The van der Waals surface area contributed by atoms with Crippen molar-refractivity contribution in [2.75, 3.05) is 6.61 Å². The molecular weight excluding hydrogens is 671 g/mol. The molecule has 54 heavy (non-hydrogen) atoms. The lowest BCUT2D eigenvalue weighted by molar-refractivity contribution is -0.151. The largest absolute Gasteiger partial charge is 0.462 e. The lowest BCUT2D eigenvalue weighted by atomic mass is 10.0. The third-order valence-electron chi connectivity index (χ3n) is 10.5. The van der Waals surface area contributed by atoms with E-state index in [2.05, 4.69) is 62.5 Å². The van der Waals surface area contributed by atoms with E-state index in [4.69, 9.17) is 4.74 Å². The van der Waals surface area contributed by atoms with Crippen molar-refractivity contribution < 1.29 is 24.5 Å². The van der Waals surface area contributed by atoms with Gasteiger partial charge in [0.1, 0.15) is 6.10 Å². The van der Waals surface area contributed by atoms with E-state index in [-0.39, 0.29) is 24.9 Å². The number of allylic oxidation sites excluding steroid dienone is 6. The molecule has 0 fully saturated rings. The second kappa shape index (κ2) is 42.2. The molecular formula is C48H89NO5. The lowest BCUT2D eigenvalue weighted by Crippen LogP contribution is -2.46. The maximum absolute atomic E-state index is 13.1. The van der Waals surface area contributed by atoms with Gasteiger partial charge in [0.25, 0.3) is 0 Å². The van der Waals surface area contributed by atoms with Crippen LogP contribution in [0.2, 0.25) is 0 Å². The second-order valence-electron chi connectivity index (χ2n) is 15.8. The van der Waals surface area contributed by atoms with Gasteiger partial charge in [-0.05, 0) is 64.2 Å². The quantitative estimate of drug-likeness (QED) is 0.0328. The maximum atomic E-state index is 13.1. The van der Waals surface area contributed by atoms with Crippen LogP contribution in [-0.2, 0) is 14.3 Å². The number of rotatable bonds is 41. The van der Waals surface area contributed by atoms with Crippen LogP contribution >= 0.6 is 0 Å². The number of esters is 1. The van der Waals surface area contributed by atoms with Gasteiger partial charge in [0.2, 0.25) is 5.91 Å². The molecule has 0 aliphatic heterocycles. The van der Waals surface area contributed by atoms with Crippen molar-refractivity contribution in [1.82, 2.24) is 5.32 Å². The van der Waals surface area contributed by atoms with Gasteiger partial charge in [-0.15, -0.1) is 0 Å². The monoisotopic (exact) mass is 760 g/mol. The van der Waals surface area contributed by atoms with Gasteiger partial charge in [0, 0.05) is 6.42 Å². The fourth-order valence-corrected chi connectivity index (χ4v) is 6.91. The topological polar surface area (TPSA) is 95.9 Å². The summed E-state index contributed by atoms with van der Waals surface area (Å²) in [6.45, 7) is 6.40. The molecule has 0 radical (unpaired) electrons. The predicted octanol–water partition coefficient (Wildman–Crippen LogP) is 13.3. The minimum atomic E-state index is -0.786. The lowest BCUT2D eigenvalue weighted by Gasteiger charge is -2.24. The zero-order valence-electron chi connectivity index (χ0n) is 35.9. The number of hydrogen-bond donors (Lipinski definition) is 3. The van der Waals surface area contributed by atoms with Gasteiger partial charge < -0.3 is 20.3 Å². The summed E-state index contributed by atoms with van der Waals surface area (Å²) in [5, 5.41) is 23.6. The first-order valence-corrected chi connectivity index (χ1v) is 23.2. The van der Waals surface area contributed by atoms with E-state index in [1.807, 2.05) is 0 Å². The van der Waals surface area contributed by atoms with Crippen molar-refractivity contribution in [3.63, 3.8) is 0 Å². The number of aliphatic hydroxyl groups excluding tert-OH is 2. The number of nitrogens with one attached hydrogen (secondary N) is 1. The van der Waals surface area contributed by atoms with Crippen LogP contribution in [0.3, 0.4) is 0 Å². The average molecular weight is 760 g/mol. The first-order valence-electron chi connectivity index (χ1n) is 23.2. The smallest absolute Gasteiger partial charge is 0.306 e.